The van der Waals surface area contributed by atoms with Crippen molar-refractivity contribution in [2.75, 3.05) is 33.2 Å². The molecule has 13 heteroatoms. The second kappa shape index (κ2) is 19.0. The summed E-state index contributed by atoms with van der Waals surface area (Å²) in [6.45, 7) is 8.04. The lowest BCUT2D eigenvalue weighted by atomic mass is 9.87. The lowest BCUT2D eigenvalue weighted by molar-refractivity contribution is -0.127. The fourth-order valence-electron chi connectivity index (χ4n) is 7.20. The molecule has 11 nitrogen and oxygen atoms in total. The molecule has 2 aliphatic heterocycles. The molecule has 0 radical (unpaired) electrons. The normalized spacial score (nSPS) is 16.2. The van der Waals surface area contributed by atoms with Crippen molar-refractivity contribution in [1.29, 1.82) is 0 Å². The number of likely N-dealkylation sites (tertiary alicyclic amines) is 2. The highest BCUT2D eigenvalue weighted by molar-refractivity contribution is 5.88. The molecule has 1 atom stereocenters. The maximum Gasteiger partial charge on any atom is 0.246 e. The number of aromatic nitrogens is 5. The maximum absolute atomic E-state index is 13.3. The van der Waals surface area contributed by atoms with Crippen molar-refractivity contribution in [3.8, 4) is 33.9 Å². The van der Waals surface area contributed by atoms with Crippen molar-refractivity contribution in [2.45, 2.75) is 38.0 Å². The van der Waals surface area contributed by atoms with Gasteiger partial charge in [0.1, 0.15) is 23.0 Å². The topological polar surface area (TPSA) is 135 Å². The van der Waals surface area contributed by atoms with E-state index in [2.05, 4.69) is 27.7 Å². The molecule has 2 N–H and O–H groups in total. The summed E-state index contributed by atoms with van der Waals surface area (Å²) < 4.78 is 28.3. The van der Waals surface area contributed by atoms with Crippen LogP contribution >= 0.6 is 0 Å². The average molecular weight is 784 g/mol. The molecule has 0 saturated carbocycles. The zero-order valence-electron chi connectivity index (χ0n) is 32.9. The summed E-state index contributed by atoms with van der Waals surface area (Å²) in [6, 6.07) is 18.5. The standard InChI is InChI=1S/C23H23FN4O.C22H24FN5O/c1-3-22(29)28-14-10-16(11-15-28)19-8-9-20(17-4-6-18(24)7-5-17)25-23(19)21-12-13-27(2)26-21;1-3-4-20(29)28-12-10-16(14-28)21-22(18(24)9-11-25-2)27-19(13-26-21)15-5-7-17(23)8-6-15/h3-9,12-13,16H,1,10-11,14-15H2,2H3;3-9,11,13,16H,10,12,14,24H2,1-2H3/b;4-3+,18-9-,25-11?. The van der Waals surface area contributed by atoms with Crippen molar-refractivity contribution in [2.24, 2.45) is 17.8 Å². The van der Waals surface area contributed by atoms with Crippen LogP contribution in [0.25, 0.3) is 39.6 Å². The third-order valence-electron chi connectivity index (χ3n) is 10.3. The van der Waals surface area contributed by atoms with Crippen molar-refractivity contribution >= 4 is 23.7 Å². The molecule has 58 heavy (non-hydrogen) atoms. The third-order valence-corrected chi connectivity index (χ3v) is 10.3. The fourth-order valence-corrected chi connectivity index (χ4v) is 7.20. The number of aliphatic imine (C=N–C) groups is 1. The first-order valence-electron chi connectivity index (χ1n) is 19.2. The molecular formula is C45H47F2N9O2. The van der Waals surface area contributed by atoms with E-state index in [1.165, 1.54) is 30.3 Å². The summed E-state index contributed by atoms with van der Waals surface area (Å²) in [4.78, 5) is 45.9. The smallest absolute Gasteiger partial charge is 0.246 e. The number of hydrogen-bond donors (Lipinski definition) is 1. The lowest BCUT2D eigenvalue weighted by Gasteiger charge is -2.32. The van der Waals surface area contributed by atoms with Crippen LogP contribution in [0.15, 0.2) is 115 Å². The van der Waals surface area contributed by atoms with Crippen LogP contribution < -0.4 is 5.73 Å². The molecule has 0 spiro atoms. The van der Waals surface area contributed by atoms with Crippen LogP contribution in [0.5, 0.6) is 0 Å². The number of carbonyl (C=O) groups excluding carboxylic acids is 2. The van der Waals surface area contributed by atoms with Gasteiger partial charge in [-0.25, -0.2) is 18.7 Å². The van der Waals surface area contributed by atoms with Crippen LogP contribution in [-0.2, 0) is 16.6 Å². The Morgan fingerprint density at radius 1 is 0.828 bits per heavy atom. The predicted octanol–water partition coefficient (Wildman–Crippen LogP) is 7.36. The minimum Gasteiger partial charge on any atom is -0.397 e. The van der Waals surface area contributed by atoms with Gasteiger partial charge in [-0.3, -0.25) is 24.2 Å². The summed E-state index contributed by atoms with van der Waals surface area (Å²) >= 11 is 0. The number of piperidine rings is 1. The average Bonchev–Trinajstić information content (AvgIpc) is 3.93. The van der Waals surface area contributed by atoms with E-state index in [1.807, 2.05) is 37.2 Å². The molecule has 0 bridgehead atoms. The van der Waals surface area contributed by atoms with Crippen molar-refractivity contribution in [3.63, 3.8) is 0 Å². The number of halogens is 2. The van der Waals surface area contributed by atoms with Gasteiger partial charge in [0.15, 0.2) is 0 Å². The number of nitrogens with two attached hydrogens (primary N) is 1. The van der Waals surface area contributed by atoms with Gasteiger partial charge in [0.25, 0.3) is 0 Å². The lowest BCUT2D eigenvalue weighted by Crippen LogP contribution is -2.36. The van der Waals surface area contributed by atoms with Crippen molar-refractivity contribution < 1.29 is 18.4 Å². The van der Waals surface area contributed by atoms with Gasteiger partial charge in [-0.05, 0) is 117 Å². The van der Waals surface area contributed by atoms with Crippen LogP contribution in [0.2, 0.25) is 0 Å². The molecule has 3 aromatic heterocycles. The number of benzene rings is 2. The van der Waals surface area contributed by atoms with E-state index < -0.39 is 0 Å². The number of hydrogen-bond acceptors (Lipinski definition) is 8. The summed E-state index contributed by atoms with van der Waals surface area (Å²) in [5.41, 5.74) is 13.9. The first kappa shape index (κ1) is 41.0. The molecule has 2 aromatic carbocycles. The second-order valence-corrected chi connectivity index (χ2v) is 14.1. The van der Waals surface area contributed by atoms with Crippen LogP contribution in [0.1, 0.15) is 55.0 Å². The molecule has 0 aliphatic carbocycles. The molecule has 5 aromatic rings. The monoisotopic (exact) mass is 783 g/mol. The molecule has 2 aliphatic rings. The summed E-state index contributed by atoms with van der Waals surface area (Å²) in [6.07, 6.45) is 14.1. The third kappa shape index (κ3) is 9.84. The first-order chi connectivity index (χ1) is 28.1. The van der Waals surface area contributed by atoms with Gasteiger partial charge in [-0.1, -0.05) is 18.7 Å². The van der Waals surface area contributed by atoms with E-state index in [0.717, 1.165) is 58.7 Å². The van der Waals surface area contributed by atoms with E-state index in [0.29, 0.717) is 49.2 Å². The SMILES string of the molecule is C/C=C/C(=O)N1CCC(c2ncc(-c3ccc(F)cc3)nc2/C(N)=C/C=NC)C1.C=CC(=O)N1CCC(c2ccc(-c3ccc(F)cc3)nc2-c2ccn(C)n2)CC1. The van der Waals surface area contributed by atoms with E-state index in [-0.39, 0.29) is 29.4 Å². The predicted molar refractivity (Wildman–Crippen MR) is 223 cm³/mol. The summed E-state index contributed by atoms with van der Waals surface area (Å²) in [7, 11) is 3.54. The number of rotatable bonds is 9. The second-order valence-electron chi connectivity index (χ2n) is 14.1. The maximum atomic E-state index is 13.3. The molecule has 2 amide bonds. The van der Waals surface area contributed by atoms with Crippen LogP contribution in [0.3, 0.4) is 0 Å². The zero-order chi connectivity index (χ0) is 41.2. The van der Waals surface area contributed by atoms with Gasteiger partial charge in [0.05, 0.1) is 34.7 Å². The van der Waals surface area contributed by atoms with E-state index in [1.54, 1.807) is 71.5 Å². The molecule has 1 unspecified atom stereocenters. The van der Waals surface area contributed by atoms with Gasteiger partial charge >= 0.3 is 0 Å². The molecule has 5 heterocycles. The summed E-state index contributed by atoms with van der Waals surface area (Å²) in [5, 5.41) is 4.56. The van der Waals surface area contributed by atoms with Crippen molar-refractivity contribution in [3.05, 3.63) is 139 Å². The number of amides is 2. The Hall–Kier alpha value is -6.63. The van der Waals surface area contributed by atoms with E-state index >= 15 is 0 Å². The van der Waals surface area contributed by atoms with E-state index in [9.17, 15) is 18.4 Å². The molecular weight excluding hydrogens is 737 g/mol. The van der Waals surface area contributed by atoms with Crippen LogP contribution in [-0.4, -0.2) is 85.8 Å². The number of nitrogens with zero attached hydrogens (tertiary/aromatic N) is 8. The Morgan fingerprint density at radius 2 is 1.47 bits per heavy atom. The number of carbonyl (C=O) groups is 2. The fraction of sp³-hybridized carbons (Fsp3) is 0.267. The van der Waals surface area contributed by atoms with Crippen molar-refractivity contribution in [1.82, 2.24) is 34.5 Å². The highest BCUT2D eigenvalue weighted by Gasteiger charge is 2.30. The Kier molecular flexibility index (Phi) is 13.4. The zero-order valence-corrected chi connectivity index (χ0v) is 32.9. The van der Waals surface area contributed by atoms with Gasteiger partial charge in [-0.15, -0.1) is 0 Å². The molecule has 7 rings (SSSR count). The summed E-state index contributed by atoms with van der Waals surface area (Å²) in [5.74, 6) is -0.257. The van der Waals surface area contributed by atoms with Gasteiger partial charge in [-0.2, -0.15) is 5.10 Å². The highest BCUT2D eigenvalue weighted by Crippen LogP contribution is 2.36. The molecule has 2 saturated heterocycles. The van der Waals surface area contributed by atoms with Gasteiger partial charge in [0, 0.05) is 69.7 Å². The Balaban J connectivity index is 0.000000196. The van der Waals surface area contributed by atoms with Gasteiger partial charge < -0.3 is 15.5 Å². The van der Waals surface area contributed by atoms with Crippen LogP contribution in [0, 0.1) is 11.6 Å². The first-order valence-corrected chi connectivity index (χ1v) is 19.2. The van der Waals surface area contributed by atoms with Gasteiger partial charge in [0.2, 0.25) is 11.8 Å². The minimum absolute atomic E-state index is 0.00549. The molecule has 2 fully saturated rings. The largest absolute Gasteiger partial charge is 0.397 e. The highest BCUT2D eigenvalue weighted by atomic mass is 19.1. The number of aryl methyl sites for hydroxylation is 1. The minimum atomic E-state index is -0.311. The Labute approximate surface area is 337 Å². The van der Waals surface area contributed by atoms with Crippen LogP contribution in [0.4, 0.5) is 8.78 Å². The van der Waals surface area contributed by atoms with E-state index in [4.69, 9.17) is 15.7 Å². The Morgan fingerprint density at radius 3 is 2.07 bits per heavy atom. The quantitative estimate of drug-likeness (QED) is 0.122. The Bertz CT molecular complexity index is 2330. The molecule has 298 valence electrons. The number of allylic oxidation sites excluding steroid dienone is 2. The number of pyridine rings is 1.